The van der Waals surface area contributed by atoms with Gasteiger partial charge in [0, 0.05) is 19.3 Å². The molecular formula is C21H26N2O3. The van der Waals surface area contributed by atoms with E-state index < -0.39 is 0 Å². The van der Waals surface area contributed by atoms with Gasteiger partial charge < -0.3 is 15.1 Å². The van der Waals surface area contributed by atoms with Crippen LogP contribution in [0.2, 0.25) is 0 Å². The summed E-state index contributed by atoms with van der Waals surface area (Å²) >= 11 is 0. The number of hydrogen-bond acceptors (Lipinski definition) is 4. The van der Waals surface area contributed by atoms with Gasteiger partial charge in [-0.1, -0.05) is 30.3 Å². The van der Waals surface area contributed by atoms with Gasteiger partial charge in [0.2, 0.25) is 0 Å². The SMILES string of the molecule is O=C(c1cc(CO)ccn1)N1CCC(C(O)CCc2ccccc2)CC1. The molecule has 0 radical (unpaired) electrons. The largest absolute Gasteiger partial charge is 0.393 e. The Labute approximate surface area is 154 Å². The lowest BCUT2D eigenvalue weighted by molar-refractivity contribution is 0.0433. The molecule has 3 rings (SSSR count). The Morgan fingerprint density at radius 2 is 1.88 bits per heavy atom. The van der Waals surface area contributed by atoms with Crippen molar-refractivity contribution in [3.63, 3.8) is 0 Å². The standard InChI is InChI=1S/C21H26N2O3/c24-15-17-8-11-22-19(14-17)21(26)23-12-9-18(10-13-23)20(25)7-6-16-4-2-1-3-5-16/h1-5,8,11,14,18,20,24-25H,6-7,9-10,12-13,15H2. The predicted octanol–water partition coefficient (Wildman–Crippen LogP) is 2.42. The summed E-state index contributed by atoms with van der Waals surface area (Å²) in [6.07, 6.45) is 4.46. The predicted molar refractivity (Wildman–Crippen MR) is 99.6 cm³/mol. The second kappa shape index (κ2) is 8.92. The van der Waals surface area contributed by atoms with Gasteiger partial charge in [0.05, 0.1) is 12.7 Å². The Bertz CT molecular complexity index is 712. The van der Waals surface area contributed by atoms with Crippen LogP contribution < -0.4 is 0 Å². The maximum absolute atomic E-state index is 12.6. The molecule has 2 N–H and O–H groups in total. The van der Waals surface area contributed by atoms with Crippen LogP contribution in [0.5, 0.6) is 0 Å². The number of likely N-dealkylation sites (tertiary alicyclic amines) is 1. The normalized spacial score (nSPS) is 16.5. The fraction of sp³-hybridized carbons (Fsp3) is 0.429. The summed E-state index contributed by atoms with van der Waals surface area (Å²) in [7, 11) is 0. The van der Waals surface area contributed by atoms with E-state index in [0.29, 0.717) is 24.3 Å². The topological polar surface area (TPSA) is 73.7 Å². The first-order chi connectivity index (χ1) is 12.7. The molecule has 5 nitrogen and oxygen atoms in total. The van der Waals surface area contributed by atoms with E-state index in [2.05, 4.69) is 17.1 Å². The average Bonchev–Trinajstić information content (AvgIpc) is 2.72. The molecule has 1 amide bonds. The molecule has 0 aliphatic carbocycles. The first-order valence-corrected chi connectivity index (χ1v) is 9.24. The lowest BCUT2D eigenvalue weighted by Crippen LogP contribution is -2.41. The zero-order valence-electron chi connectivity index (χ0n) is 14.9. The molecule has 1 aromatic carbocycles. The van der Waals surface area contributed by atoms with Gasteiger partial charge in [-0.05, 0) is 54.9 Å². The highest BCUT2D eigenvalue weighted by atomic mass is 16.3. The maximum atomic E-state index is 12.6. The minimum Gasteiger partial charge on any atom is -0.393 e. The van der Waals surface area contributed by atoms with Gasteiger partial charge in [0.25, 0.3) is 5.91 Å². The van der Waals surface area contributed by atoms with Crippen LogP contribution in [-0.2, 0) is 13.0 Å². The second-order valence-corrected chi connectivity index (χ2v) is 6.93. The Kier molecular flexibility index (Phi) is 6.36. The highest BCUT2D eigenvalue weighted by molar-refractivity contribution is 5.92. The molecule has 1 aliphatic heterocycles. The third kappa shape index (κ3) is 4.68. The van der Waals surface area contributed by atoms with Gasteiger partial charge in [0.15, 0.2) is 0 Å². The molecular weight excluding hydrogens is 328 g/mol. The lowest BCUT2D eigenvalue weighted by atomic mass is 9.88. The van der Waals surface area contributed by atoms with Crippen LogP contribution in [0.15, 0.2) is 48.7 Å². The molecule has 2 aromatic rings. The van der Waals surface area contributed by atoms with Crippen LogP contribution in [0, 0.1) is 5.92 Å². The Morgan fingerprint density at radius 3 is 2.58 bits per heavy atom. The minimum absolute atomic E-state index is 0.0987. The molecule has 0 spiro atoms. The zero-order chi connectivity index (χ0) is 18.4. The van der Waals surface area contributed by atoms with E-state index in [0.717, 1.165) is 25.7 Å². The number of carbonyl (C=O) groups excluding carboxylic acids is 1. The number of amides is 1. The van der Waals surface area contributed by atoms with Crippen LogP contribution >= 0.6 is 0 Å². The van der Waals surface area contributed by atoms with Crippen LogP contribution in [0.3, 0.4) is 0 Å². The molecule has 2 heterocycles. The molecule has 26 heavy (non-hydrogen) atoms. The van der Waals surface area contributed by atoms with Crippen LogP contribution in [0.4, 0.5) is 0 Å². The molecule has 0 bridgehead atoms. The zero-order valence-corrected chi connectivity index (χ0v) is 14.9. The molecule has 5 heteroatoms. The third-order valence-electron chi connectivity index (χ3n) is 5.17. The number of benzene rings is 1. The van der Waals surface area contributed by atoms with E-state index in [9.17, 15) is 15.0 Å². The number of aryl methyl sites for hydroxylation is 1. The van der Waals surface area contributed by atoms with Crippen molar-refractivity contribution in [2.24, 2.45) is 5.92 Å². The number of aliphatic hydroxyl groups excluding tert-OH is 2. The Morgan fingerprint density at radius 1 is 1.15 bits per heavy atom. The number of nitrogens with zero attached hydrogens (tertiary/aromatic N) is 2. The van der Waals surface area contributed by atoms with E-state index in [1.807, 2.05) is 18.2 Å². The summed E-state index contributed by atoms with van der Waals surface area (Å²) in [5.41, 5.74) is 2.31. The summed E-state index contributed by atoms with van der Waals surface area (Å²) in [6, 6.07) is 13.5. The lowest BCUT2D eigenvalue weighted by Gasteiger charge is -2.34. The molecule has 1 aliphatic rings. The molecule has 0 saturated carbocycles. The quantitative estimate of drug-likeness (QED) is 0.836. The number of carbonyl (C=O) groups is 1. The van der Waals surface area contributed by atoms with Crippen molar-refractivity contribution < 1.29 is 15.0 Å². The molecule has 1 fully saturated rings. The third-order valence-corrected chi connectivity index (χ3v) is 5.17. The number of hydrogen-bond donors (Lipinski definition) is 2. The summed E-state index contributed by atoms with van der Waals surface area (Å²) in [5.74, 6) is 0.136. The first-order valence-electron chi connectivity index (χ1n) is 9.24. The highest BCUT2D eigenvalue weighted by Crippen LogP contribution is 2.24. The minimum atomic E-state index is -0.330. The summed E-state index contributed by atoms with van der Waals surface area (Å²) < 4.78 is 0. The number of rotatable bonds is 6. The van der Waals surface area contributed by atoms with Gasteiger partial charge in [0.1, 0.15) is 5.69 Å². The molecule has 1 saturated heterocycles. The highest BCUT2D eigenvalue weighted by Gasteiger charge is 2.28. The number of pyridine rings is 1. The van der Waals surface area contributed by atoms with E-state index in [1.165, 1.54) is 5.56 Å². The smallest absolute Gasteiger partial charge is 0.272 e. The van der Waals surface area contributed by atoms with Gasteiger partial charge in [-0.3, -0.25) is 9.78 Å². The van der Waals surface area contributed by atoms with E-state index in [1.54, 1.807) is 23.2 Å². The van der Waals surface area contributed by atoms with Crippen molar-refractivity contribution in [1.82, 2.24) is 9.88 Å². The van der Waals surface area contributed by atoms with E-state index in [4.69, 9.17) is 0 Å². The molecule has 138 valence electrons. The fourth-order valence-electron chi connectivity index (χ4n) is 3.53. The van der Waals surface area contributed by atoms with Gasteiger partial charge in [-0.2, -0.15) is 0 Å². The first kappa shape index (κ1) is 18.5. The summed E-state index contributed by atoms with van der Waals surface area (Å²) in [4.78, 5) is 18.5. The molecule has 1 atom stereocenters. The van der Waals surface area contributed by atoms with E-state index in [-0.39, 0.29) is 24.5 Å². The fourth-order valence-corrected chi connectivity index (χ4v) is 3.53. The summed E-state index contributed by atoms with van der Waals surface area (Å²) in [6.45, 7) is 1.17. The van der Waals surface area contributed by atoms with Crippen LogP contribution in [0.1, 0.15) is 40.9 Å². The van der Waals surface area contributed by atoms with Crippen molar-refractivity contribution in [2.45, 2.75) is 38.4 Å². The second-order valence-electron chi connectivity index (χ2n) is 6.93. The monoisotopic (exact) mass is 354 g/mol. The van der Waals surface area contributed by atoms with Crippen molar-refractivity contribution >= 4 is 5.91 Å². The van der Waals surface area contributed by atoms with Gasteiger partial charge in [-0.25, -0.2) is 0 Å². The van der Waals surface area contributed by atoms with Gasteiger partial charge in [-0.15, -0.1) is 0 Å². The number of piperidine rings is 1. The van der Waals surface area contributed by atoms with E-state index >= 15 is 0 Å². The molecule has 1 aromatic heterocycles. The van der Waals surface area contributed by atoms with Gasteiger partial charge >= 0.3 is 0 Å². The van der Waals surface area contributed by atoms with Crippen molar-refractivity contribution in [3.8, 4) is 0 Å². The van der Waals surface area contributed by atoms with Crippen LogP contribution in [0.25, 0.3) is 0 Å². The molecule has 1 unspecified atom stereocenters. The van der Waals surface area contributed by atoms with Crippen molar-refractivity contribution in [3.05, 3.63) is 65.5 Å². The average molecular weight is 354 g/mol. The summed E-state index contributed by atoms with van der Waals surface area (Å²) in [5, 5.41) is 19.7. The van der Waals surface area contributed by atoms with Crippen molar-refractivity contribution in [1.29, 1.82) is 0 Å². The number of aliphatic hydroxyl groups is 2. The Balaban J connectivity index is 1.49. The van der Waals surface area contributed by atoms with Crippen molar-refractivity contribution in [2.75, 3.05) is 13.1 Å². The maximum Gasteiger partial charge on any atom is 0.272 e. The van der Waals surface area contributed by atoms with Crippen LogP contribution in [-0.4, -0.2) is 45.2 Å². The Hall–Kier alpha value is -2.24. The number of aromatic nitrogens is 1.